The number of rotatable bonds is 2. The Hall–Kier alpha value is -0.0500. The van der Waals surface area contributed by atoms with E-state index in [4.69, 9.17) is 0 Å². The minimum absolute atomic E-state index is 0.691. The lowest BCUT2D eigenvalue weighted by molar-refractivity contribution is 0.884. The fourth-order valence-corrected chi connectivity index (χ4v) is 1.70. The average Bonchev–Trinajstić information content (AvgIpc) is 2.04. The maximum Gasteiger partial charge on any atom is 0.00617 e. The number of hydrogen-bond donors (Lipinski definition) is 0. The van der Waals surface area contributed by atoms with Gasteiger partial charge in [0.1, 0.15) is 0 Å². The predicted molar refractivity (Wildman–Crippen MR) is 58.5 cm³/mol. The standard InChI is InChI=1S/C10H13I/c1-8-5-3-4-6-10(8)9(2)7-11/h3-6,9H,7H2,1-2H3. The molecule has 1 heteroatoms. The van der Waals surface area contributed by atoms with Crippen LogP contribution in [0.3, 0.4) is 0 Å². The summed E-state index contributed by atoms with van der Waals surface area (Å²) in [5.41, 5.74) is 2.90. The summed E-state index contributed by atoms with van der Waals surface area (Å²) in [5, 5.41) is 0. The van der Waals surface area contributed by atoms with E-state index in [1.54, 1.807) is 0 Å². The highest BCUT2D eigenvalue weighted by atomic mass is 127. The molecule has 0 spiro atoms. The van der Waals surface area contributed by atoms with Crippen LogP contribution in [0.4, 0.5) is 0 Å². The van der Waals surface area contributed by atoms with E-state index in [1.165, 1.54) is 15.6 Å². The van der Waals surface area contributed by atoms with Gasteiger partial charge in [0.2, 0.25) is 0 Å². The van der Waals surface area contributed by atoms with Crippen LogP contribution in [0, 0.1) is 6.92 Å². The van der Waals surface area contributed by atoms with Crippen LogP contribution in [0.2, 0.25) is 0 Å². The van der Waals surface area contributed by atoms with Gasteiger partial charge in [0.25, 0.3) is 0 Å². The van der Waals surface area contributed by atoms with Crippen LogP contribution in [0.25, 0.3) is 0 Å². The maximum atomic E-state index is 2.43. The van der Waals surface area contributed by atoms with Crippen molar-refractivity contribution in [2.24, 2.45) is 0 Å². The van der Waals surface area contributed by atoms with E-state index in [9.17, 15) is 0 Å². The van der Waals surface area contributed by atoms with Gasteiger partial charge in [0.05, 0.1) is 0 Å². The normalized spacial score (nSPS) is 13.0. The summed E-state index contributed by atoms with van der Waals surface area (Å²) in [6, 6.07) is 8.61. The molecule has 0 aliphatic rings. The number of aryl methyl sites for hydroxylation is 1. The van der Waals surface area contributed by atoms with Gasteiger partial charge in [-0.2, -0.15) is 0 Å². The van der Waals surface area contributed by atoms with Gasteiger partial charge in [-0.05, 0) is 24.0 Å². The summed E-state index contributed by atoms with van der Waals surface area (Å²) >= 11 is 2.43. The molecule has 0 heterocycles. The number of alkyl halides is 1. The lowest BCUT2D eigenvalue weighted by Gasteiger charge is -2.10. The quantitative estimate of drug-likeness (QED) is 0.563. The molecule has 0 aliphatic heterocycles. The molecule has 0 N–H and O–H groups in total. The third kappa shape index (κ3) is 2.19. The van der Waals surface area contributed by atoms with Crippen LogP contribution in [0.1, 0.15) is 24.0 Å². The molecular weight excluding hydrogens is 247 g/mol. The highest BCUT2D eigenvalue weighted by Gasteiger charge is 2.04. The van der Waals surface area contributed by atoms with Crippen molar-refractivity contribution in [1.82, 2.24) is 0 Å². The summed E-state index contributed by atoms with van der Waals surface area (Å²) in [7, 11) is 0. The summed E-state index contributed by atoms with van der Waals surface area (Å²) in [6.45, 7) is 4.45. The van der Waals surface area contributed by atoms with Crippen LogP contribution in [-0.4, -0.2) is 4.43 Å². The zero-order valence-electron chi connectivity index (χ0n) is 6.97. The van der Waals surface area contributed by atoms with E-state index in [0.717, 1.165) is 0 Å². The first kappa shape index (κ1) is 9.04. The Morgan fingerprint density at radius 3 is 2.55 bits per heavy atom. The van der Waals surface area contributed by atoms with Gasteiger partial charge in [0.15, 0.2) is 0 Å². The van der Waals surface area contributed by atoms with Crippen molar-refractivity contribution < 1.29 is 0 Å². The number of benzene rings is 1. The molecule has 0 bridgehead atoms. The molecule has 1 rings (SSSR count). The van der Waals surface area contributed by atoms with Crippen molar-refractivity contribution in [2.75, 3.05) is 4.43 Å². The molecule has 0 aromatic heterocycles. The molecule has 0 amide bonds. The third-order valence-electron chi connectivity index (χ3n) is 1.95. The second-order valence-corrected chi connectivity index (χ2v) is 3.79. The van der Waals surface area contributed by atoms with Crippen molar-refractivity contribution >= 4 is 22.6 Å². The topological polar surface area (TPSA) is 0 Å². The molecule has 0 fully saturated rings. The molecule has 0 aliphatic carbocycles. The Morgan fingerprint density at radius 1 is 1.36 bits per heavy atom. The van der Waals surface area contributed by atoms with Crippen molar-refractivity contribution in [3.05, 3.63) is 35.4 Å². The Morgan fingerprint density at radius 2 is 2.00 bits per heavy atom. The fourth-order valence-electron chi connectivity index (χ4n) is 1.22. The molecule has 60 valence electrons. The van der Waals surface area contributed by atoms with Gasteiger partial charge < -0.3 is 0 Å². The average molecular weight is 260 g/mol. The minimum Gasteiger partial charge on any atom is -0.0857 e. The lowest BCUT2D eigenvalue weighted by Crippen LogP contribution is -1.96. The van der Waals surface area contributed by atoms with E-state index in [-0.39, 0.29) is 0 Å². The molecule has 0 saturated heterocycles. The van der Waals surface area contributed by atoms with Crippen molar-refractivity contribution in [3.8, 4) is 0 Å². The van der Waals surface area contributed by atoms with E-state index in [2.05, 4.69) is 60.7 Å². The summed E-state index contributed by atoms with van der Waals surface area (Å²) in [5.74, 6) is 0.691. The second-order valence-electron chi connectivity index (χ2n) is 2.91. The lowest BCUT2D eigenvalue weighted by atomic mass is 9.98. The second kappa shape index (κ2) is 4.10. The van der Waals surface area contributed by atoms with E-state index in [0.29, 0.717) is 5.92 Å². The smallest absolute Gasteiger partial charge is 0.00617 e. The van der Waals surface area contributed by atoms with Gasteiger partial charge in [-0.3, -0.25) is 0 Å². The minimum atomic E-state index is 0.691. The van der Waals surface area contributed by atoms with Gasteiger partial charge in [-0.15, -0.1) is 0 Å². The van der Waals surface area contributed by atoms with Gasteiger partial charge in [0, 0.05) is 4.43 Å². The fraction of sp³-hybridized carbons (Fsp3) is 0.400. The van der Waals surface area contributed by atoms with Gasteiger partial charge in [-0.1, -0.05) is 53.8 Å². The zero-order valence-corrected chi connectivity index (χ0v) is 9.13. The monoisotopic (exact) mass is 260 g/mol. The predicted octanol–water partition coefficient (Wildman–Crippen LogP) is 3.53. The molecule has 1 aromatic carbocycles. The first-order valence-corrected chi connectivity index (χ1v) is 5.39. The highest BCUT2D eigenvalue weighted by molar-refractivity contribution is 14.1. The molecule has 0 radical (unpaired) electrons. The molecule has 0 nitrogen and oxygen atoms in total. The Labute approximate surface area is 82.2 Å². The van der Waals surface area contributed by atoms with Crippen molar-refractivity contribution in [1.29, 1.82) is 0 Å². The molecular formula is C10H13I. The van der Waals surface area contributed by atoms with Crippen LogP contribution in [0.5, 0.6) is 0 Å². The van der Waals surface area contributed by atoms with Crippen LogP contribution in [-0.2, 0) is 0 Å². The van der Waals surface area contributed by atoms with Crippen LogP contribution in [0.15, 0.2) is 24.3 Å². The van der Waals surface area contributed by atoms with Crippen LogP contribution >= 0.6 is 22.6 Å². The Balaban J connectivity index is 2.93. The largest absolute Gasteiger partial charge is 0.0857 e. The van der Waals surface area contributed by atoms with E-state index >= 15 is 0 Å². The number of halogens is 1. The van der Waals surface area contributed by atoms with E-state index in [1.807, 2.05) is 0 Å². The molecule has 0 saturated carbocycles. The number of hydrogen-bond acceptors (Lipinski definition) is 0. The zero-order chi connectivity index (χ0) is 8.27. The van der Waals surface area contributed by atoms with Gasteiger partial charge >= 0.3 is 0 Å². The van der Waals surface area contributed by atoms with Crippen molar-refractivity contribution in [2.45, 2.75) is 19.8 Å². The molecule has 1 aromatic rings. The van der Waals surface area contributed by atoms with E-state index < -0.39 is 0 Å². The Kier molecular flexibility index (Phi) is 3.37. The molecule has 1 atom stereocenters. The SMILES string of the molecule is Cc1ccccc1C(C)CI. The summed E-state index contributed by atoms with van der Waals surface area (Å²) in [6.07, 6.45) is 0. The first-order valence-electron chi connectivity index (χ1n) is 3.87. The highest BCUT2D eigenvalue weighted by Crippen LogP contribution is 2.20. The first-order chi connectivity index (χ1) is 5.25. The molecule has 11 heavy (non-hydrogen) atoms. The van der Waals surface area contributed by atoms with Crippen molar-refractivity contribution in [3.63, 3.8) is 0 Å². The Bertz CT molecular complexity index is 230. The summed E-state index contributed by atoms with van der Waals surface area (Å²) < 4.78 is 1.20. The third-order valence-corrected chi connectivity index (χ3v) is 3.27. The van der Waals surface area contributed by atoms with Gasteiger partial charge in [-0.25, -0.2) is 0 Å². The maximum absolute atomic E-state index is 2.43. The summed E-state index contributed by atoms with van der Waals surface area (Å²) in [4.78, 5) is 0. The molecule has 1 unspecified atom stereocenters. The van der Waals surface area contributed by atoms with Crippen LogP contribution < -0.4 is 0 Å².